The molecule has 0 aliphatic carbocycles. The number of amides is 1. The number of nitrogens with zero attached hydrogens (tertiary/aromatic N) is 1. The molecular weight excluding hydrogens is 294 g/mol. The summed E-state index contributed by atoms with van der Waals surface area (Å²) in [7, 11) is 0. The van der Waals surface area contributed by atoms with Crippen molar-refractivity contribution in [2.45, 2.75) is 19.8 Å². The van der Waals surface area contributed by atoms with Crippen molar-refractivity contribution in [1.82, 2.24) is 4.90 Å². The largest absolute Gasteiger partial charge is 0.481 e. The average Bonchev–Trinajstić information content (AvgIpc) is 3.11. The molecule has 2 heterocycles. The van der Waals surface area contributed by atoms with Gasteiger partial charge in [0.15, 0.2) is 5.76 Å². The summed E-state index contributed by atoms with van der Waals surface area (Å²) < 4.78 is 5.49. The molecular formula is C18H19NO4. The van der Waals surface area contributed by atoms with Gasteiger partial charge in [0.1, 0.15) is 5.76 Å². The van der Waals surface area contributed by atoms with E-state index in [1.54, 1.807) is 11.8 Å². The predicted molar refractivity (Wildman–Crippen MR) is 84.4 cm³/mol. The fourth-order valence-corrected chi connectivity index (χ4v) is 3.26. The summed E-state index contributed by atoms with van der Waals surface area (Å²) in [6.45, 7) is 4.20. The van der Waals surface area contributed by atoms with E-state index < -0.39 is 11.9 Å². The van der Waals surface area contributed by atoms with Crippen molar-refractivity contribution >= 4 is 11.9 Å². The zero-order chi connectivity index (χ0) is 16.6. The number of likely N-dealkylation sites (tertiary alicyclic amines) is 1. The molecule has 1 aliphatic heterocycles. The Morgan fingerprint density at radius 1 is 1.17 bits per heavy atom. The third-order valence-electron chi connectivity index (χ3n) is 4.39. The number of carbonyl (C=O) groups is 2. The third-order valence-corrected chi connectivity index (χ3v) is 4.39. The number of benzene rings is 1. The van der Waals surface area contributed by atoms with Crippen LogP contribution in [0.4, 0.5) is 0 Å². The summed E-state index contributed by atoms with van der Waals surface area (Å²) >= 11 is 0. The fraction of sp³-hybridized carbons (Fsp3) is 0.333. The second-order valence-corrected chi connectivity index (χ2v) is 6.04. The van der Waals surface area contributed by atoms with Crippen LogP contribution in [0.15, 0.2) is 40.8 Å². The van der Waals surface area contributed by atoms with Gasteiger partial charge in [0.25, 0.3) is 5.91 Å². The molecule has 3 rings (SSSR count). The van der Waals surface area contributed by atoms with E-state index in [0.29, 0.717) is 18.1 Å². The van der Waals surface area contributed by atoms with Crippen LogP contribution in [0.1, 0.15) is 33.4 Å². The molecule has 23 heavy (non-hydrogen) atoms. The number of carboxylic acid groups (broad SMARTS) is 1. The summed E-state index contributed by atoms with van der Waals surface area (Å²) in [4.78, 5) is 25.9. The minimum absolute atomic E-state index is 0.200. The number of carbonyl (C=O) groups excluding carboxylic acids is 1. The normalized spacial score (nSPS) is 20.7. The average molecular weight is 313 g/mol. The van der Waals surface area contributed by atoms with E-state index in [0.717, 1.165) is 11.1 Å². The van der Waals surface area contributed by atoms with E-state index in [9.17, 15) is 14.7 Å². The molecule has 1 amide bonds. The maximum Gasteiger partial charge on any atom is 0.308 e. The predicted octanol–water partition coefficient (Wildman–Crippen LogP) is 2.84. The zero-order valence-electron chi connectivity index (χ0n) is 13.2. The summed E-state index contributed by atoms with van der Waals surface area (Å²) in [5.41, 5.74) is 1.73. The molecule has 0 saturated carbocycles. The van der Waals surface area contributed by atoms with Crippen molar-refractivity contribution < 1.29 is 19.1 Å². The minimum Gasteiger partial charge on any atom is -0.481 e. The Kier molecular flexibility index (Phi) is 3.94. The quantitative estimate of drug-likeness (QED) is 0.946. The first-order valence-electron chi connectivity index (χ1n) is 7.61. The highest BCUT2D eigenvalue weighted by Gasteiger charge is 2.41. The van der Waals surface area contributed by atoms with Gasteiger partial charge < -0.3 is 14.4 Å². The summed E-state index contributed by atoms with van der Waals surface area (Å²) in [5, 5.41) is 9.51. The molecule has 0 radical (unpaired) electrons. The van der Waals surface area contributed by atoms with Crippen LogP contribution in [-0.4, -0.2) is 35.0 Å². The number of rotatable bonds is 3. The lowest BCUT2D eigenvalue weighted by Gasteiger charge is -2.15. The van der Waals surface area contributed by atoms with Crippen LogP contribution in [-0.2, 0) is 4.79 Å². The molecule has 5 nitrogen and oxygen atoms in total. The van der Waals surface area contributed by atoms with Crippen molar-refractivity contribution in [2.24, 2.45) is 5.92 Å². The number of aliphatic carboxylic acids is 1. The summed E-state index contributed by atoms with van der Waals surface area (Å²) in [6.07, 6.45) is 0. The van der Waals surface area contributed by atoms with Gasteiger partial charge in [-0.2, -0.15) is 0 Å². The van der Waals surface area contributed by atoms with Crippen molar-refractivity contribution in [3.8, 4) is 0 Å². The Morgan fingerprint density at radius 2 is 1.87 bits per heavy atom. The Hall–Kier alpha value is -2.56. The molecule has 1 aliphatic rings. The van der Waals surface area contributed by atoms with Crippen LogP contribution in [0.25, 0.3) is 0 Å². The van der Waals surface area contributed by atoms with Gasteiger partial charge >= 0.3 is 5.97 Å². The number of hydrogen-bond donors (Lipinski definition) is 1. The monoisotopic (exact) mass is 313 g/mol. The minimum atomic E-state index is -0.874. The van der Waals surface area contributed by atoms with E-state index in [4.69, 9.17) is 4.42 Å². The molecule has 1 aromatic carbocycles. The van der Waals surface area contributed by atoms with Crippen molar-refractivity contribution in [3.05, 3.63) is 59.0 Å². The standard InChI is InChI=1S/C18H19NO4/c1-11-8-12(2)23-16(11)17(20)19-9-14(15(10-19)18(21)22)13-6-4-3-5-7-13/h3-8,14-15H,9-10H2,1-2H3,(H,21,22). The first kappa shape index (κ1) is 15.3. The van der Waals surface area contributed by atoms with E-state index in [1.807, 2.05) is 43.3 Å². The van der Waals surface area contributed by atoms with Crippen molar-refractivity contribution in [1.29, 1.82) is 0 Å². The highest BCUT2D eigenvalue weighted by molar-refractivity contribution is 5.93. The molecule has 5 heteroatoms. The second-order valence-electron chi connectivity index (χ2n) is 6.04. The van der Waals surface area contributed by atoms with Gasteiger partial charge in [-0.25, -0.2) is 0 Å². The topological polar surface area (TPSA) is 70.8 Å². The highest BCUT2D eigenvalue weighted by atomic mass is 16.4. The Balaban J connectivity index is 1.87. The fourth-order valence-electron chi connectivity index (χ4n) is 3.26. The second kappa shape index (κ2) is 5.91. The summed E-state index contributed by atoms with van der Waals surface area (Å²) in [6, 6.07) is 11.3. The van der Waals surface area contributed by atoms with Gasteiger partial charge in [-0.05, 0) is 25.5 Å². The van der Waals surface area contributed by atoms with Crippen LogP contribution in [0.5, 0.6) is 0 Å². The van der Waals surface area contributed by atoms with Gasteiger partial charge in [0, 0.05) is 24.6 Å². The first-order valence-corrected chi connectivity index (χ1v) is 7.61. The number of furan rings is 1. The number of hydrogen-bond acceptors (Lipinski definition) is 3. The van der Waals surface area contributed by atoms with Crippen LogP contribution >= 0.6 is 0 Å². The third kappa shape index (κ3) is 2.86. The van der Waals surface area contributed by atoms with E-state index in [1.165, 1.54) is 0 Å². The molecule has 1 aromatic heterocycles. The van der Waals surface area contributed by atoms with Crippen LogP contribution in [0, 0.1) is 19.8 Å². The highest BCUT2D eigenvalue weighted by Crippen LogP contribution is 2.34. The molecule has 1 saturated heterocycles. The number of aryl methyl sites for hydroxylation is 2. The maximum atomic E-state index is 12.7. The molecule has 0 bridgehead atoms. The number of carboxylic acids is 1. The Bertz CT molecular complexity index is 735. The van der Waals surface area contributed by atoms with Crippen LogP contribution in [0.3, 0.4) is 0 Å². The molecule has 2 aromatic rings. The Labute approximate surface area is 134 Å². The lowest BCUT2D eigenvalue weighted by molar-refractivity contribution is -0.141. The van der Waals surface area contributed by atoms with E-state index >= 15 is 0 Å². The van der Waals surface area contributed by atoms with Gasteiger partial charge in [-0.3, -0.25) is 9.59 Å². The molecule has 2 atom stereocenters. The summed E-state index contributed by atoms with van der Waals surface area (Å²) in [5.74, 6) is -0.923. The SMILES string of the molecule is Cc1cc(C)c(C(=O)N2CC(C(=O)O)C(c3ccccc3)C2)o1. The first-order chi connectivity index (χ1) is 11.0. The van der Waals surface area contributed by atoms with Crippen molar-refractivity contribution in [3.63, 3.8) is 0 Å². The van der Waals surface area contributed by atoms with Crippen LogP contribution < -0.4 is 0 Å². The molecule has 2 unspecified atom stereocenters. The lowest BCUT2D eigenvalue weighted by atomic mass is 9.89. The Morgan fingerprint density at radius 3 is 2.43 bits per heavy atom. The molecule has 0 spiro atoms. The van der Waals surface area contributed by atoms with Gasteiger partial charge in [0.05, 0.1) is 5.92 Å². The van der Waals surface area contributed by atoms with Gasteiger partial charge in [-0.15, -0.1) is 0 Å². The lowest BCUT2D eigenvalue weighted by Crippen LogP contribution is -2.30. The molecule has 120 valence electrons. The van der Waals surface area contributed by atoms with Crippen LogP contribution in [0.2, 0.25) is 0 Å². The van der Waals surface area contributed by atoms with E-state index in [2.05, 4.69) is 0 Å². The maximum absolute atomic E-state index is 12.7. The van der Waals surface area contributed by atoms with E-state index in [-0.39, 0.29) is 18.4 Å². The molecule has 1 fully saturated rings. The molecule has 1 N–H and O–H groups in total. The smallest absolute Gasteiger partial charge is 0.308 e. The van der Waals surface area contributed by atoms with Crippen molar-refractivity contribution in [2.75, 3.05) is 13.1 Å². The van der Waals surface area contributed by atoms with Gasteiger partial charge in [-0.1, -0.05) is 30.3 Å². The van der Waals surface area contributed by atoms with Gasteiger partial charge in [0.2, 0.25) is 0 Å². The zero-order valence-corrected chi connectivity index (χ0v) is 13.2.